The summed E-state index contributed by atoms with van der Waals surface area (Å²) in [6.45, 7) is 3.12. The highest BCUT2D eigenvalue weighted by Crippen LogP contribution is 2.18. The van der Waals surface area contributed by atoms with Gasteiger partial charge in [0.15, 0.2) is 0 Å². The van der Waals surface area contributed by atoms with E-state index >= 15 is 0 Å². The van der Waals surface area contributed by atoms with Crippen LogP contribution in [0.4, 0.5) is 0 Å². The Hall–Kier alpha value is -1.63. The summed E-state index contributed by atoms with van der Waals surface area (Å²) in [6.07, 6.45) is 2.49. The van der Waals surface area contributed by atoms with Crippen LogP contribution in [0.25, 0.3) is 0 Å². The second-order valence-electron chi connectivity index (χ2n) is 5.41. The molecule has 0 radical (unpaired) electrons. The van der Waals surface area contributed by atoms with Gasteiger partial charge in [-0.3, -0.25) is 14.4 Å². The van der Waals surface area contributed by atoms with Crippen LogP contribution in [-0.2, 0) is 19.1 Å². The lowest BCUT2D eigenvalue weighted by Gasteiger charge is -2.26. The van der Waals surface area contributed by atoms with Gasteiger partial charge in [0.1, 0.15) is 0 Å². The Bertz CT molecular complexity index is 375. The minimum atomic E-state index is -0.338. The Morgan fingerprint density at radius 3 is 2.76 bits per heavy atom. The molecule has 0 spiro atoms. The molecule has 1 heterocycles. The van der Waals surface area contributed by atoms with Gasteiger partial charge in [0.05, 0.1) is 19.1 Å². The number of hydrogen-bond acceptors (Lipinski definition) is 4. The van der Waals surface area contributed by atoms with Crippen LogP contribution in [0.1, 0.15) is 26.2 Å². The molecule has 1 aliphatic heterocycles. The molecule has 1 rings (SSSR count). The topological polar surface area (TPSA) is 79.0 Å². The van der Waals surface area contributed by atoms with Crippen molar-refractivity contribution in [3.8, 4) is 0 Å². The third-order valence-corrected chi connectivity index (χ3v) is 3.85. The fraction of sp³-hybridized carbons (Fsp3) is 0.786. The van der Waals surface area contributed by atoms with Crippen LogP contribution in [-0.4, -0.2) is 74.0 Å². The van der Waals surface area contributed by atoms with Crippen molar-refractivity contribution < 1.29 is 19.1 Å². The van der Waals surface area contributed by atoms with Crippen molar-refractivity contribution in [3.05, 3.63) is 0 Å². The number of nitrogens with zero attached hydrogens (tertiary/aromatic N) is 2. The lowest BCUT2D eigenvalue weighted by molar-refractivity contribution is -0.137. The summed E-state index contributed by atoms with van der Waals surface area (Å²) in [5, 5.41) is 2.32. The highest BCUT2D eigenvalue weighted by atomic mass is 16.5. The van der Waals surface area contributed by atoms with Gasteiger partial charge in [0, 0.05) is 33.3 Å². The minimum Gasteiger partial charge on any atom is -0.379 e. The Labute approximate surface area is 125 Å². The molecule has 3 amide bonds. The zero-order valence-electron chi connectivity index (χ0n) is 13.0. The summed E-state index contributed by atoms with van der Waals surface area (Å²) < 4.78 is 5.31. The van der Waals surface area contributed by atoms with E-state index < -0.39 is 0 Å². The lowest BCUT2D eigenvalue weighted by atomic mass is 10.2. The van der Waals surface area contributed by atoms with E-state index in [9.17, 15) is 14.4 Å². The number of methoxy groups -OCH3 is 1. The van der Waals surface area contributed by atoms with Gasteiger partial charge in [0.2, 0.25) is 18.2 Å². The van der Waals surface area contributed by atoms with Gasteiger partial charge in [-0.05, 0) is 19.8 Å². The summed E-state index contributed by atoms with van der Waals surface area (Å²) in [5.74, 6) is -0.148. The van der Waals surface area contributed by atoms with E-state index in [1.165, 1.54) is 12.0 Å². The van der Waals surface area contributed by atoms with Crippen molar-refractivity contribution in [2.24, 2.45) is 0 Å². The number of likely N-dealkylation sites (N-methyl/N-ethyl adjacent to an activating group) is 1. The first-order chi connectivity index (χ1) is 9.99. The maximum atomic E-state index is 12.2. The zero-order chi connectivity index (χ0) is 15.8. The largest absolute Gasteiger partial charge is 0.379 e. The van der Waals surface area contributed by atoms with E-state index in [0.29, 0.717) is 13.0 Å². The van der Waals surface area contributed by atoms with E-state index in [0.717, 1.165) is 19.4 Å². The van der Waals surface area contributed by atoms with E-state index in [4.69, 9.17) is 4.74 Å². The second kappa shape index (κ2) is 8.61. The lowest BCUT2D eigenvalue weighted by Crippen LogP contribution is -2.42. The number of ether oxygens (including phenoxy) is 1. The first-order valence-corrected chi connectivity index (χ1v) is 7.22. The zero-order valence-corrected chi connectivity index (χ0v) is 13.0. The second-order valence-corrected chi connectivity index (χ2v) is 5.41. The van der Waals surface area contributed by atoms with Gasteiger partial charge in [-0.25, -0.2) is 0 Å². The molecule has 0 bridgehead atoms. The number of hydrogen-bond donors (Lipinski definition) is 1. The van der Waals surface area contributed by atoms with Crippen LogP contribution < -0.4 is 5.32 Å². The summed E-state index contributed by atoms with van der Waals surface area (Å²) in [4.78, 5) is 37.5. The van der Waals surface area contributed by atoms with Gasteiger partial charge >= 0.3 is 0 Å². The third-order valence-electron chi connectivity index (χ3n) is 3.85. The van der Waals surface area contributed by atoms with Crippen LogP contribution in [0.5, 0.6) is 0 Å². The average Bonchev–Trinajstić information content (AvgIpc) is 2.89. The Morgan fingerprint density at radius 1 is 1.52 bits per heavy atom. The van der Waals surface area contributed by atoms with Crippen molar-refractivity contribution in [3.63, 3.8) is 0 Å². The Balaban J connectivity index is 2.45. The van der Waals surface area contributed by atoms with Crippen LogP contribution >= 0.6 is 0 Å². The predicted octanol–water partition coefficient (Wildman–Crippen LogP) is -0.393. The number of rotatable bonds is 8. The fourth-order valence-corrected chi connectivity index (χ4v) is 2.51. The minimum absolute atomic E-state index is 0.0481. The van der Waals surface area contributed by atoms with Crippen LogP contribution in [0.15, 0.2) is 0 Å². The molecular weight excluding hydrogens is 274 g/mol. The molecule has 0 aromatic heterocycles. The number of carbonyl (C=O) groups excluding carboxylic acids is 3. The number of amides is 3. The Kier molecular flexibility index (Phi) is 7.14. The van der Waals surface area contributed by atoms with E-state index in [2.05, 4.69) is 5.32 Å². The highest BCUT2D eigenvalue weighted by molar-refractivity contribution is 5.80. The summed E-state index contributed by atoms with van der Waals surface area (Å²) >= 11 is 0. The molecule has 0 aliphatic carbocycles. The molecule has 0 saturated carbocycles. The van der Waals surface area contributed by atoms with Crippen LogP contribution in [0, 0.1) is 0 Å². The number of nitrogens with one attached hydrogen (secondary N) is 1. The molecule has 2 atom stereocenters. The highest BCUT2D eigenvalue weighted by Gasteiger charge is 2.27. The van der Waals surface area contributed by atoms with Crippen molar-refractivity contribution in [2.75, 3.05) is 33.8 Å². The molecule has 1 aliphatic rings. The predicted molar refractivity (Wildman–Crippen MR) is 77.5 cm³/mol. The van der Waals surface area contributed by atoms with Gasteiger partial charge in [0.25, 0.3) is 0 Å². The first kappa shape index (κ1) is 17.4. The first-order valence-electron chi connectivity index (χ1n) is 7.22. The Morgan fingerprint density at radius 2 is 2.24 bits per heavy atom. The molecule has 1 N–H and O–H groups in total. The standard InChI is InChI=1S/C14H25N3O4/c1-11-5-4-6-17(11)13(19)7-12(21-3)9-16(2)14(20)8-15-10-18/h10-12H,4-9H2,1-3H3,(H,15,18). The van der Waals surface area contributed by atoms with Crippen LogP contribution in [0.2, 0.25) is 0 Å². The molecule has 0 aromatic rings. The van der Waals surface area contributed by atoms with Gasteiger partial charge in [-0.1, -0.05) is 0 Å². The molecular formula is C14H25N3O4. The number of carbonyl (C=O) groups is 3. The summed E-state index contributed by atoms with van der Waals surface area (Å²) in [5.41, 5.74) is 0. The van der Waals surface area contributed by atoms with E-state index in [1.807, 2.05) is 11.8 Å². The molecule has 21 heavy (non-hydrogen) atoms. The molecule has 120 valence electrons. The van der Waals surface area contributed by atoms with Gasteiger partial charge in [-0.2, -0.15) is 0 Å². The smallest absolute Gasteiger partial charge is 0.241 e. The maximum Gasteiger partial charge on any atom is 0.241 e. The molecule has 1 saturated heterocycles. The quantitative estimate of drug-likeness (QED) is 0.619. The van der Waals surface area contributed by atoms with E-state index in [-0.39, 0.29) is 36.9 Å². The number of likely N-dealkylation sites (tertiary alicyclic amines) is 1. The molecule has 7 nitrogen and oxygen atoms in total. The third kappa shape index (κ3) is 5.34. The maximum absolute atomic E-state index is 12.2. The SMILES string of the molecule is COC(CC(=O)N1CCCC1C)CN(C)C(=O)CNC=O. The van der Waals surface area contributed by atoms with Gasteiger partial charge in [-0.15, -0.1) is 0 Å². The van der Waals surface area contributed by atoms with Crippen LogP contribution in [0.3, 0.4) is 0 Å². The summed E-state index contributed by atoms with van der Waals surface area (Å²) in [6, 6.07) is 0.283. The summed E-state index contributed by atoms with van der Waals surface area (Å²) in [7, 11) is 3.16. The van der Waals surface area contributed by atoms with Gasteiger partial charge < -0.3 is 19.9 Å². The van der Waals surface area contributed by atoms with Crippen molar-refractivity contribution in [1.29, 1.82) is 0 Å². The fourth-order valence-electron chi connectivity index (χ4n) is 2.51. The molecule has 7 heteroatoms. The van der Waals surface area contributed by atoms with Crippen molar-refractivity contribution in [2.45, 2.75) is 38.3 Å². The normalized spacial score (nSPS) is 19.2. The average molecular weight is 299 g/mol. The molecule has 0 aromatic carbocycles. The molecule has 2 unspecified atom stereocenters. The van der Waals surface area contributed by atoms with Crippen molar-refractivity contribution in [1.82, 2.24) is 15.1 Å². The monoisotopic (exact) mass is 299 g/mol. The molecule has 1 fully saturated rings. The van der Waals surface area contributed by atoms with Crippen molar-refractivity contribution >= 4 is 18.2 Å². The van der Waals surface area contributed by atoms with E-state index in [1.54, 1.807) is 7.05 Å².